The van der Waals surface area contributed by atoms with Crippen LogP contribution >= 0.6 is 0 Å². The first-order valence-electron chi connectivity index (χ1n) is 2.39. The van der Waals surface area contributed by atoms with Gasteiger partial charge in [-0.25, -0.2) is 0 Å². The first-order valence-corrected chi connectivity index (χ1v) is 2.39. The summed E-state index contributed by atoms with van der Waals surface area (Å²) in [5.41, 5.74) is 0. The highest BCUT2D eigenvalue weighted by atomic mass is 16.6. The van der Waals surface area contributed by atoms with Gasteiger partial charge in [0.2, 0.25) is 0 Å². The maximum absolute atomic E-state index is 10.2. The summed E-state index contributed by atoms with van der Waals surface area (Å²) in [6, 6.07) is 0. The smallest absolute Gasteiger partial charge is 0.316 e. The molecule has 1 aliphatic rings. The minimum atomic E-state index is -0.918. The standard InChI is InChI=1S/C5H5NO3/c7-5(8)4-1-2-9-6-3-4/h1-4H,(H,7,8). The minimum absolute atomic E-state index is 0.626. The van der Waals surface area contributed by atoms with E-state index >= 15 is 0 Å². The molecule has 4 nitrogen and oxygen atoms in total. The van der Waals surface area contributed by atoms with Crippen molar-refractivity contribution in [2.45, 2.75) is 0 Å². The highest BCUT2D eigenvalue weighted by molar-refractivity contribution is 5.90. The fraction of sp³-hybridized carbons (Fsp3) is 0.200. The number of nitrogens with zero attached hydrogens (tertiary/aromatic N) is 1. The quantitative estimate of drug-likeness (QED) is 0.548. The second kappa shape index (κ2) is 2.30. The van der Waals surface area contributed by atoms with Crippen molar-refractivity contribution in [1.29, 1.82) is 0 Å². The SMILES string of the molecule is O=C(O)C1C=CON=C1. The number of hydrogen-bond donors (Lipinski definition) is 1. The lowest BCUT2D eigenvalue weighted by molar-refractivity contribution is -0.138. The van der Waals surface area contributed by atoms with Gasteiger partial charge in [-0.15, -0.1) is 0 Å². The normalized spacial score (nSPS) is 23.3. The van der Waals surface area contributed by atoms with E-state index in [1.165, 1.54) is 18.6 Å². The maximum Gasteiger partial charge on any atom is 0.316 e. The second-order valence-corrected chi connectivity index (χ2v) is 1.55. The molecular formula is C5H5NO3. The van der Waals surface area contributed by atoms with E-state index in [-0.39, 0.29) is 0 Å². The van der Waals surface area contributed by atoms with Crippen LogP contribution in [-0.2, 0) is 9.63 Å². The van der Waals surface area contributed by atoms with E-state index in [1.807, 2.05) is 0 Å². The highest BCUT2D eigenvalue weighted by Gasteiger charge is 2.12. The summed E-state index contributed by atoms with van der Waals surface area (Å²) >= 11 is 0. The molecule has 0 saturated carbocycles. The molecule has 0 aliphatic carbocycles. The van der Waals surface area contributed by atoms with Gasteiger partial charge in [0.1, 0.15) is 12.2 Å². The van der Waals surface area contributed by atoms with Gasteiger partial charge in [0.05, 0.1) is 6.21 Å². The number of carbonyl (C=O) groups is 1. The Bertz CT molecular complexity index is 161. The number of oxime groups is 1. The molecule has 4 heteroatoms. The molecule has 0 aromatic carbocycles. The number of aliphatic carboxylic acids is 1. The summed E-state index contributed by atoms with van der Waals surface area (Å²) in [6.07, 6.45) is 3.89. The molecule has 1 rings (SSSR count). The van der Waals surface area contributed by atoms with Gasteiger partial charge in [-0.1, -0.05) is 5.16 Å². The number of carboxylic acids is 1. The first kappa shape index (κ1) is 5.81. The number of rotatable bonds is 1. The third kappa shape index (κ3) is 1.28. The zero-order valence-electron chi connectivity index (χ0n) is 4.52. The molecule has 1 N–H and O–H groups in total. The van der Waals surface area contributed by atoms with Crippen molar-refractivity contribution in [2.24, 2.45) is 11.1 Å². The number of carboxylic acid groups (broad SMARTS) is 1. The molecule has 1 atom stereocenters. The van der Waals surface area contributed by atoms with Gasteiger partial charge in [-0.05, 0) is 6.08 Å². The maximum atomic E-state index is 10.2. The van der Waals surface area contributed by atoms with E-state index < -0.39 is 11.9 Å². The van der Waals surface area contributed by atoms with Gasteiger partial charge < -0.3 is 9.94 Å². The lowest BCUT2D eigenvalue weighted by Crippen LogP contribution is -2.13. The summed E-state index contributed by atoms with van der Waals surface area (Å²) in [5.74, 6) is -1.54. The topological polar surface area (TPSA) is 58.9 Å². The predicted molar refractivity (Wildman–Crippen MR) is 29.8 cm³/mol. The lowest BCUT2D eigenvalue weighted by Gasteiger charge is -2.01. The van der Waals surface area contributed by atoms with Crippen LogP contribution in [0, 0.1) is 5.92 Å². The van der Waals surface area contributed by atoms with Crippen LogP contribution in [-0.4, -0.2) is 17.3 Å². The highest BCUT2D eigenvalue weighted by Crippen LogP contribution is 2.00. The third-order valence-electron chi connectivity index (χ3n) is 0.914. The van der Waals surface area contributed by atoms with Crippen LogP contribution < -0.4 is 0 Å². The summed E-state index contributed by atoms with van der Waals surface area (Å²) in [4.78, 5) is 14.5. The predicted octanol–water partition coefficient (Wildman–Crippen LogP) is 0.217. The number of hydrogen-bond acceptors (Lipinski definition) is 3. The molecule has 0 radical (unpaired) electrons. The van der Waals surface area contributed by atoms with E-state index in [0.717, 1.165) is 0 Å². The average Bonchev–Trinajstić information content (AvgIpc) is 1.90. The van der Waals surface area contributed by atoms with Gasteiger partial charge in [-0.3, -0.25) is 4.79 Å². The third-order valence-corrected chi connectivity index (χ3v) is 0.914. The molecule has 9 heavy (non-hydrogen) atoms. The molecule has 0 bridgehead atoms. The molecule has 0 fully saturated rings. The van der Waals surface area contributed by atoms with Gasteiger partial charge >= 0.3 is 5.97 Å². The van der Waals surface area contributed by atoms with Gasteiger partial charge in [0.25, 0.3) is 0 Å². The van der Waals surface area contributed by atoms with Gasteiger partial charge in [0, 0.05) is 0 Å². The van der Waals surface area contributed by atoms with Crippen LogP contribution in [0.5, 0.6) is 0 Å². The van der Waals surface area contributed by atoms with E-state index in [0.29, 0.717) is 0 Å². The van der Waals surface area contributed by atoms with Crippen molar-refractivity contribution in [2.75, 3.05) is 0 Å². The molecule has 0 aromatic heterocycles. The first-order chi connectivity index (χ1) is 4.30. The van der Waals surface area contributed by atoms with Crippen molar-refractivity contribution in [3.63, 3.8) is 0 Å². The van der Waals surface area contributed by atoms with Gasteiger partial charge in [-0.2, -0.15) is 0 Å². The molecule has 0 amide bonds. The summed E-state index contributed by atoms with van der Waals surface area (Å²) < 4.78 is 0. The van der Waals surface area contributed by atoms with Crippen molar-refractivity contribution >= 4 is 12.2 Å². The van der Waals surface area contributed by atoms with Crippen molar-refractivity contribution < 1.29 is 14.7 Å². The second-order valence-electron chi connectivity index (χ2n) is 1.55. The monoisotopic (exact) mass is 127 g/mol. The summed E-state index contributed by atoms with van der Waals surface area (Å²) in [5, 5.41) is 11.6. The van der Waals surface area contributed by atoms with E-state index in [2.05, 4.69) is 9.99 Å². The molecule has 0 saturated heterocycles. The van der Waals surface area contributed by atoms with E-state index in [9.17, 15) is 4.79 Å². The molecule has 48 valence electrons. The van der Waals surface area contributed by atoms with Crippen molar-refractivity contribution in [3.05, 3.63) is 12.3 Å². The Morgan fingerprint density at radius 3 is 2.89 bits per heavy atom. The van der Waals surface area contributed by atoms with Crippen LogP contribution in [0.1, 0.15) is 0 Å². The Labute approximate surface area is 51.4 Å². The fourth-order valence-corrected chi connectivity index (χ4v) is 0.451. The van der Waals surface area contributed by atoms with Crippen molar-refractivity contribution in [3.8, 4) is 0 Å². The molecule has 1 unspecified atom stereocenters. The fourth-order valence-electron chi connectivity index (χ4n) is 0.451. The van der Waals surface area contributed by atoms with Crippen molar-refractivity contribution in [1.82, 2.24) is 0 Å². The minimum Gasteiger partial charge on any atom is -0.481 e. The van der Waals surface area contributed by atoms with Crippen LogP contribution in [0.4, 0.5) is 0 Å². The van der Waals surface area contributed by atoms with Crippen LogP contribution in [0.25, 0.3) is 0 Å². The molecule has 0 aromatic rings. The Morgan fingerprint density at radius 1 is 1.78 bits per heavy atom. The molecule has 0 spiro atoms. The molecule has 1 aliphatic heterocycles. The average molecular weight is 127 g/mol. The van der Waals surface area contributed by atoms with E-state index in [1.54, 1.807) is 0 Å². The van der Waals surface area contributed by atoms with Crippen LogP contribution in [0.15, 0.2) is 17.5 Å². The molecule has 1 heterocycles. The Morgan fingerprint density at radius 2 is 2.56 bits per heavy atom. The summed E-state index contributed by atoms with van der Waals surface area (Å²) in [7, 11) is 0. The largest absolute Gasteiger partial charge is 0.481 e. The summed E-state index contributed by atoms with van der Waals surface area (Å²) in [6.45, 7) is 0. The lowest BCUT2D eigenvalue weighted by atomic mass is 10.2. The Balaban J connectivity index is 2.60. The Hall–Kier alpha value is -1.32. The Kier molecular flexibility index (Phi) is 1.48. The zero-order valence-corrected chi connectivity index (χ0v) is 4.52. The molecular weight excluding hydrogens is 122 g/mol. The van der Waals surface area contributed by atoms with Crippen LogP contribution in [0.3, 0.4) is 0 Å². The van der Waals surface area contributed by atoms with Crippen LogP contribution in [0.2, 0.25) is 0 Å². The van der Waals surface area contributed by atoms with E-state index in [4.69, 9.17) is 5.11 Å². The zero-order chi connectivity index (χ0) is 6.69. The van der Waals surface area contributed by atoms with Gasteiger partial charge in [0.15, 0.2) is 0 Å².